The standard InChI is InChI=1S/C29H42N2O4/c1-6-34-27-10-8-7-9-26(27)31-15-13-30(14-16-31)19-21(3)24-12-11-22(4)29(33)18-28(35-23(5)32)20(2)17-25(24)29/h7-10,17,21-22,24-25,28,33H,6,11-16,19H2,1-5H3/t21-,22-,24+,25-,28-,29-/m1/s1. The number of hydrogen-bond donors (Lipinski definition) is 1. The SMILES string of the molecule is CCOc1ccccc1N1CCN(C[C@@H](C)[C@@H]2CC[C@@H](C)[C@]3(O)[C][C@@H](OC(C)=O)C(C)=C[C@H]23)CC1. The van der Waals surface area contributed by atoms with Crippen LogP contribution >= 0.6 is 0 Å². The highest BCUT2D eigenvalue weighted by molar-refractivity contribution is 5.66. The monoisotopic (exact) mass is 482 g/mol. The molecule has 1 saturated heterocycles. The molecule has 1 heterocycles. The molecule has 0 bridgehead atoms. The van der Waals surface area contributed by atoms with Gasteiger partial charge < -0.3 is 19.5 Å². The zero-order chi connectivity index (χ0) is 25.2. The second kappa shape index (κ2) is 10.9. The van der Waals surface area contributed by atoms with Gasteiger partial charge in [0.2, 0.25) is 0 Å². The first kappa shape index (κ1) is 26.0. The molecule has 1 aromatic rings. The minimum atomic E-state index is -1.06. The Bertz CT molecular complexity index is 910. The third kappa shape index (κ3) is 5.54. The number of benzene rings is 1. The predicted molar refractivity (Wildman–Crippen MR) is 138 cm³/mol. The Hall–Kier alpha value is -2.05. The number of nitrogens with zero attached hydrogens (tertiary/aromatic N) is 2. The summed E-state index contributed by atoms with van der Waals surface area (Å²) in [7, 11) is 0. The van der Waals surface area contributed by atoms with Crippen molar-refractivity contribution >= 4 is 11.7 Å². The van der Waals surface area contributed by atoms with Gasteiger partial charge >= 0.3 is 5.97 Å². The first-order valence-corrected chi connectivity index (χ1v) is 13.3. The Morgan fingerprint density at radius 2 is 1.94 bits per heavy atom. The van der Waals surface area contributed by atoms with E-state index in [-0.39, 0.29) is 17.8 Å². The molecule has 6 atom stereocenters. The summed E-state index contributed by atoms with van der Waals surface area (Å²) in [4.78, 5) is 16.6. The van der Waals surface area contributed by atoms with Gasteiger partial charge in [-0.1, -0.05) is 32.1 Å². The zero-order valence-corrected chi connectivity index (χ0v) is 22.0. The number of fused-ring (bicyclic) bond motifs is 1. The molecule has 1 N–H and O–H groups in total. The number of carbonyl (C=O) groups excluding carboxylic acids is 1. The summed E-state index contributed by atoms with van der Waals surface area (Å²) in [5, 5.41) is 11.7. The Morgan fingerprint density at radius 3 is 2.63 bits per heavy atom. The van der Waals surface area contributed by atoms with E-state index in [1.807, 2.05) is 19.9 Å². The Labute approximate surface area is 211 Å². The zero-order valence-electron chi connectivity index (χ0n) is 22.0. The number of carbonyl (C=O) groups is 1. The van der Waals surface area contributed by atoms with E-state index in [4.69, 9.17) is 9.47 Å². The lowest BCUT2D eigenvalue weighted by atomic mass is 9.57. The van der Waals surface area contributed by atoms with Crippen LogP contribution in [0.2, 0.25) is 0 Å². The molecule has 0 spiro atoms. The Morgan fingerprint density at radius 1 is 1.23 bits per heavy atom. The highest BCUT2D eigenvalue weighted by atomic mass is 16.5. The van der Waals surface area contributed by atoms with Crippen LogP contribution in [0.15, 0.2) is 35.9 Å². The Kier molecular flexibility index (Phi) is 8.12. The lowest BCUT2D eigenvalue weighted by Gasteiger charge is -2.53. The first-order chi connectivity index (χ1) is 16.7. The maximum absolute atomic E-state index is 11.7. The number of anilines is 1. The topological polar surface area (TPSA) is 62.2 Å². The fourth-order valence-electron chi connectivity index (χ4n) is 6.32. The third-order valence-electron chi connectivity index (χ3n) is 8.31. The number of ether oxygens (including phenoxy) is 2. The van der Waals surface area contributed by atoms with Gasteiger partial charge in [-0.15, -0.1) is 0 Å². The molecule has 35 heavy (non-hydrogen) atoms. The maximum atomic E-state index is 11.7. The molecule has 0 amide bonds. The number of rotatable bonds is 7. The van der Waals surface area contributed by atoms with Crippen LogP contribution in [0.1, 0.15) is 47.5 Å². The number of esters is 1. The average Bonchev–Trinajstić information content (AvgIpc) is 2.82. The van der Waals surface area contributed by atoms with Gasteiger partial charge in [0.15, 0.2) is 0 Å². The average molecular weight is 483 g/mol. The van der Waals surface area contributed by atoms with Crippen molar-refractivity contribution < 1.29 is 19.4 Å². The van der Waals surface area contributed by atoms with Crippen molar-refractivity contribution in [2.75, 3.05) is 44.2 Å². The largest absolute Gasteiger partial charge is 0.492 e. The van der Waals surface area contributed by atoms with Crippen LogP contribution in [0.4, 0.5) is 5.69 Å². The van der Waals surface area contributed by atoms with E-state index in [2.05, 4.69) is 54.3 Å². The number of piperazine rings is 1. The molecule has 2 aliphatic carbocycles. The summed E-state index contributed by atoms with van der Waals surface area (Å²) in [6.07, 6.45) is 6.97. The van der Waals surface area contributed by atoms with Crippen molar-refractivity contribution in [2.45, 2.75) is 59.2 Å². The molecular weight excluding hydrogens is 440 g/mol. The van der Waals surface area contributed by atoms with Crippen LogP contribution in [-0.2, 0) is 9.53 Å². The predicted octanol–water partition coefficient (Wildman–Crippen LogP) is 4.21. The molecule has 1 saturated carbocycles. The van der Waals surface area contributed by atoms with Crippen LogP contribution in [0, 0.1) is 30.1 Å². The van der Waals surface area contributed by atoms with Crippen molar-refractivity contribution in [2.24, 2.45) is 23.7 Å². The number of aliphatic hydroxyl groups is 1. The normalized spacial score (nSPS) is 32.4. The van der Waals surface area contributed by atoms with Gasteiger partial charge in [0.05, 0.1) is 24.3 Å². The Balaban J connectivity index is 1.40. The van der Waals surface area contributed by atoms with Crippen LogP contribution in [-0.4, -0.2) is 67.0 Å². The summed E-state index contributed by atoms with van der Waals surface area (Å²) in [5.41, 5.74) is 1.10. The molecule has 6 nitrogen and oxygen atoms in total. The van der Waals surface area contributed by atoms with E-state index in [9.17, 15) is 9.90 Å². The second-order valence-corrected chi connectivity index (χ2v) is 10.7. The van der Waals surface area contributed by atoms with Crippen molar-refractivity contribution in [3.63, 3.8) is 0 Å². The summed E-state index contributed by atoms with van der Waals surface area (Å²) in [6.45, 7) is 15.5. The van der Waals surface area contributed by atoms with Crippen molar-refractivity contribution in [1.82, 2.24) is 4.90 Å². The van der Waals surface area contributed by atoms with Crippen molar-refractivity contribution in [1.29, 1.82) is 0 Å². The van der Waals surface area contributed by atoms with E-state index in [0.29, 0.717) is 18.4 Å². The van der Waals surface area contributed by atoms with Gasteiger partial charge in [-0.2, -0.15) is 0 Å². The minimum absolute atomic E-state index is 0.00687. The van der Waals surface area contributed by atoms with Crippen LogP contribution in [0.25, 0.3) is 0 Å². The summed E-state index contributed by atoms with van der Waals surface area (Å²) >= 11 is 0. The van der Waals surface area contributed by atoms with Gasteiger partial charge in [-0.05, 0) is 62.1 Å². The minimum Gasteiger partial charge on any atom is -0.492 e. The molecule has 192 valence electrons. The molecular formula is C29H42N2O4. The highest BCUT2D eigenvalue weighted by Crippen LogP contribution is 2.51. The lowest BCUT2D eigenvalue weighted by molar-refractivity contribution is -0.148. The third-order valence-corrected chi connectivity index (χ3v) is 8.31. The smallest absolute Gasteiger partial charge is 0.303 e. The van der Waals surface area contributed by atoms with Gasteiger partial charge in [0, 0.05) is 45.6 Å². The molecule has 6 heteroatoms. The van der Waals surface area contributed by atoms with Gasteiger partial charge in [-0.25, -0.2) is 0 Å². The highest BCUT2D eigenvalue weighted by Gasteiger charge is 2.53. The van der Waals surface area contributed by atoms with E-state index >= 15 is 0 Å². The molecule has 0 unspecified atom stereocenters. The van der Waals surface area contributed by atoms with Crippen molar-refractivity contribution in [3.8, 4) is 5.75 Å². The quantitative estimate of drug-likeness (QED) is 0.464. The van der Waals surface area contributed by atoms with Crippen LogP contribution < -0.4 is 9.64 Å². The van der Waals surface area contributed by atoms with Crippen LogP contribution in [0.5, 0.6) is 5.75 Å². The maximum Gasteiger partial charge on any atom is 0.303 e. The van der Waals surface area contributed by atoms with Gasteiger partial charge in [0.25, 0.3) is 0 Å². The summed E-state index contributed by atoms with van der Waals surface area (Å²) in [5.74, 6) is 1.53. The lowest BCUT2D eigenvalue weighted by Crippen LogP contribution is -2.57. The number of hydrogen-bond acceptors (Lipinski definition) is 6. The molecule has 0 aromatic heterocycles. The fraction of sp³-hybridized carbons (Fsp3) is 0.655. The van der Waals surface area contributed by atoms with Gasteiger partial charge in [0.1, 0.15) is 11.9 Å². The van der Waals surface area contributed by atoms with E-state index in [0.717, 1.165) is 56.9 Å². The second-order valence-electron chi connectivity index (χ2n) is 10.7. The van der Waals surface area contributed by atoms with Crippen molar-refractivity contribution in [3.05, 3.63) is 42.3 Å². The fourth-order valence-corrected chi connectivity index (χ4v) is 6.32. The molecule has 2 radical (unpaired) electrons. The molecule has 2 fully saturated rings. The van der Waals surface area contributed by atoms with E-state index in [1.165, 1.54) is 12.6 Å². The molecule has 4 rings (SSSR count). The van der Waals surface area contributed by atoms with Crippen LogP contribution in [0.3, 0.4) is 0 Å². The summed E-state index contributed by atoms with van der Waals surface area (Å²) in [6, 6.07) is 8.32. The number of para-hydroxylation sites is 2. The van der Waals surface area contributed by atoms with E-state index in [1.54, 1.807) is 0 Å². The molecule has 1 aromatic carbocycles. The molecule has 3 aliphatic rings. The first-order valence-electron chi connectivity index (χ1n) is 13.3. The summed E-state index contributed by atoms with van der Waals surface area (Å²) < 4.78 is 11.3. The molecule has 1 aliphatic heterocycles. The van der Waals surface area contributed by atoms with Gasteiger partial charge in [-0.3, -0.25) is 9.69 Å². The van der Waals surface area contributed by atoms with E-state index < -0.39 is 11.7 Å².